The number of hydrogen-bond acceptors (Lipinski definition) is 4. The monoisotopic (exact) mass is 288 g/mol. The first kappa shape index (κ1) is 14.5. The van der Waals surface area contributed by atoms with Crippen molar-refractivity contribution >= 4 is 17.3 Å². The van der Waals surface area contributed by atoms with Gasteiger partial charge in [0.15, 0.2) is 5.96 Å². The van der Waals surface area contributed by atoms with Gasteiger partial charge in [-0.05, 0) is 24.6 Å². The molecule has 0 saturated carbocycles. The van der Waals surface area contributed by atoms with Crippen molar-refractivity contribution in [3.05, 3.63) is 52.3 Å². The van der Waals surface area contributed by atoms with Gasteiger partial charge in [0.25, 0.3) is 0 Å². The zero-order valence-electron chi connectivity index (χ0n) is 11.6. The standard InChI is InChI=1S/C13H16N6O2/c1-10-3-2-4-11(7-10)17-13(14)15-5-6-18-9-12(8-16-18)19(20)21/h2-4,7-9H,5-6H2,1H3,(H3,14,15,17). The molecule has 0 unspecified atom stereocenters. The summed E-state index contributed by atoms with van der Waals surface area (Å²) in [5.41, 5.74) is 7.73. The van der Waals surface area contributed by atoms with E-state index >= 15 is 0 Å². The van der Waals surface area contributed by atoms with Gasteiger partial charge in [-0.1, -0.05) is 12.1 Å². The van der Waals surface area contributed by atoms with E-state index in [2.05, 4.69) is 15.4 Å². The Balaban J connectivity index is 1.87. The van der Waals surface area contributed by atoms with Crippen LogP contribution in [-0.2, 0) is 6.54 Å². The van der Waals surface area contributed by atoms with Gasteiger partial charge in [-0.3, -0.25) is 19.8 Å². The van der Waals surface area contributed by atoms with Gasteiger partial charge in [-0.15, -0.1) is 0 Å². The van der Waals surface area contributed by atoms with Gasteiger partial charge in [0, 0.05) is 5.69 Å². The molecule has 1 heterocycles. The molecule has 0 amide bonds. The van der Waals surface area contributed by atoms with Crippen molar-refractivity contribution in [2.75, 3.05) is 11.9 Å². The predicted molar refractivity (Wildman–Crippen MR) is 80.2 cm³/mol. The van der Waals surface area contributed by atoms with Gasteiger partial charge in [-0.25, -0.2) is 0 Å². The molecule has 0 saturated heterocycles. The second-order valence-electron chi connectivity index (χ2n) is 4.48. The average Bonchev–Trinajstić information content (AvgIpc) is 2.87. The number of guanidine groups is 1. The van der Waals surface area contributed by atoms with Gasteiger partial charge in [-0.2, -0.15) is 5.10 Å². The molecule has 0 bridgehead atoms. The molecular weight excluding hydrogens is 272 g/mol. The van der Waals surface area contributed by atoms with Crippen LogP contribution >= 0.6 is 0 Å². The Morgan fingerprint density at radius 3 is 3.05 bits per heavy atom. The smallest absolute Gasteiger partial charge is 0.306 e. The second-order valence-corrected chi connectivity index (χ2v) is 4.48. The van der Waals surface area contributed by atoms with E-state index in [9.17, 15) is 10.1 Å². The van der Waals surface area contributed by atoms with Crippen molar-refractivity contribution in [1.29, 1.82) is 0 Å². The van der Waals surface area contributed by atoms with Crippen LogP contribution in [0.1, 0.15) is 5.56 Å². The molecule has 0 atom stereocenters. The molecule has 1 aromatic heterocycles. The Labute approximate surface area is 121 Å². The normalized spacial score (nSPS) is 11.4. The highest BCUT2D eigenvalue weighted by molar-refractivity contribution is 5.92. The van der Waals surface area contributed by atoms with E-state index in [0.29, 0.717) is 19.0 Å². The molecule has 8 heteroatoms. The van der Waals surface area contributed by atoms with Gasteiger partial charge in [0.2, 0.25) is 0 Å². The summed E-state index contributed by atoms with van der Waals surface area (Å²) < 4.78 is 1.46. The molecule has 0 radical (unpaired) electrons. The molecule has 1 aromatic carbocycles. The summed E-state index contributed by atoms with van der Waals surface area (Å²) in [6, 6.07) is 7.77. The summed E-state index contributed by atoms with van der Waals surface area (Å²) >= 11 is 0. The molecule has 0 aliphatic heterocycles. The Morgan fingerprint density at radius 2 is 2.38 bits per heavy atom. The van der Waals surface area contributed by atoms with E-state index in [4.69, 9.17) is 5.73 Å². The molecule has 0 fully saturated rings. The Morgan fingerprint density at radius 1 is 1.57 bits per heavy atom. The number of nitro groups is 1. The lowest BCUT2D eigenvalue weighted by Crippen LogP contribution is -2.23. The van der Waals surface area contributed by atoms with Crippen molar-refractivity contribution in [3.8, 4) is 0 Å². The van der Waals surface area contributed by atoms with E-state index in [1.54, 1.807) is 0 Å². The van der Waals surface area contributed by atoms with Crippen LogP contribution in [0.3, 0.4) is 0 Å². The zero-order valence-corrected chi connectivity index (χ0v) is 11.6. The molecule has 3 N–H and O–H groups in total. The fraction of sp³-hybridized carbons (Fsp3) is 0.231. The number of nitrogens with zero attached hydrogens (tertiary/aromatic N) is 4. The van der Waals surface area contributed by atoms with Gasteiger partial charge in [0.1, 0.15) is 12.4 Å². The van der Waals surface area contributed by atoms with Crippen molar-refractivity contribution < 1.29 is 4.92 Å². The summed E-state index contributed by atoms with van der Waals surface area (Å²) in [4.78, 5) is 14.2. The molecule has 0 spiro atoms. The molecule has 2 rings (SSSR count). The van der Waals surface area contributed by atoms with Crippen molar-refractivity contribution in [2.24, 2.45) is 10.7 Å². The van der Waals surface area contributed by atoms with Crippen molar-refractivity contribution in [2.45, 2.75) is 13.5 Å². The first-order valence-corrected chi connectivity index (χ1v) is 6.35. The summed E-state index contributed by atoms with van der Waals surface area (Å²) in [7, 11) is 0. The number of rotatable bonds is 5. The molecule has 2 aromatic rings. The number of nitrogens with one attached hydrogen (secondary N) is 1. The Kier molecular flexibility index (Phi) is 4.50. The molecule has 21 heavy (non-hydrogen) atoms. The Bertz CT molecular complexity index is 664. The summed E-state index contributed by atoms with van der Waals surface area (Å²) in [6.07, 6.45) is 2.57. The van der Waals surface area contributed by atoms with Crippen LogP contribution in [0.5, 0.6) is 0 Å². The highest BCUT2D eigenvalue weighted by Crippen LogP contribution is 2.09. The number of aliphatic imine (C=N–C) groups is 1. The first-order valence-electron chi connectivity index (χ1n) is 6.35. The maximum atomic E-state index is 10.5. The minimum Gasteiger partial charge on any atom is -0.370 e. The Hall–Kier alpha value is -2.90. The van der Waals surface area contributed by atoms with Crippen LogP contribution in [0.15, 0.2) is 41.7 Å². The van der Waals surface area contributed by atoms with Crippen molar-refractivity contribution in [3.63, 3.8) is 0 Å². The van der Waals surface area contributed by atoms with E-state index < -0.39 is 4.92 Å². The van der Waals surface area contributed by atoms with Crippen molar-refractivity contribution in [1.82, 2.24) is 9.78 Å². The summed E-state index contributed by atoms with van der Waals surface area (Å²) in [6.45, 7) is 2.79. The van der Waals surface area contributed by atoms with Crippen LogP contribution in [-0.4, -0.2) is 27.2 Å². The molecule has 8 nitrogen and oxygen atoms in total. The number of benzene rings is 1. The molecule has 110 valence electrons. The molecule has 0 aliphatic rings. The number of aryl methyl sites for hydroxylation is 1. The zero-order chi connectivity index (χ0) is 15.2. The molecule has 0 aliphatic carbocycles. The highest BCUT2D eigenvalue weighted by atomic mass is 16.6. The third-order valence-electron chi connectivity index (χ3n) is 2.73. The fourth-order valence-electron chi connectivity index (χ4n) is 1.75. The van der Waals surface area contributed by atoms with Crippen LogP contribution in [0.25, 0.3) is 0 Å². The quantitative estimate of drug-likeness (QED) is 0.375. The van der Waals surface area contributed by atoms with Gasteiger partial charge >= 0.3 is 5.69 Å². The first-order chi connectivity index (χ1) is 10.0. The SMILES string of the molecule is Cc1cccc(NC(N)=NCCn2cc([N+](=O)[O-])cn2)c1. The van der Waals surface area contributed by atoms with Crippen LogP contribution in [0, 0.1) is 17.0 Å². The fourth-order valence-corrected chi connectivity index (χ4v) is 1.75. The lowest BCUT2D eigenvalue weighted by atomic mass is 10.2. The lowest BCUT2D eigenvalue weighted by Gasteiger charge is -2.06. The van der Waals surface area contributed by atoms with Crippen LogP contribution in [0.2, 0.25) is 0 Å². The maximum absolute atomic E-state index is 10.5. The predicted octanol–water partition coefficient (Wildman–Crippen LogP) is 1.53. The number of aromatic nitrogens is 2. The second kappa shape index (κ2) is 6.51. The minimum absolute atomic E-state index is 0.0372. The number of anilines is 1. The van der Waals surface area contributed by atoms with E-state index in [1.165, 1.54) is 17.1 Å². The number of hydrogen-bond donors (Lipinski definition) is 2. The maximum Gasteiger partial charge on any atom is 0.306 e. The third-order valence-corrected chi connectivity index (χ3v) is 2.73. The van der Waals surface area contributed by atoms with Gasteiger partial charge < -0.3 is 11.1 Å². The van der Waals surface area contributed by atoms with Gasteiger partial charge in [0.05, 0.1) is 18.0 Å². The van der Waals surface area contributed by atoms with E-state index in [-0.39, 0.29) is 5.69 Å². The average molecular weight is 288 g/mol. The third kappa shape index (κ3) is 4.30. The minimum atomic E-state index is -0.486. The number of nitrogens with two attached hydrogens (primary N) is 1. The summed E-state index contributed by atoms with van der Waals surface area (Å²) in [5.74, 6) is 0.294. The van der Waals surface area contributed by atoms with Crippen LogP contribution < -0.4 is 11.1 Å². The largest absolute Gasteiger partial charge is 0.370 e. The summed E-state index contributed by atoms with van der Waals surface area (Å²) in [5, 5.41) is 17.4. The highest BCUT2D eigenvalue weighted by Gasteiger charge is 2.07. The van der Waals surface area contributed by atoms with E-state index in [1.807, 2.05) is 31.2 Å². The van der Waals surface area contributed by atoms with Crippen LogP contribution in [0.4, 0.5) is 11.4 Å². The molecular formula is C13H16N6O2. The van der Waals surface area contributed by atoms with E-state index in [0.717, 1.165) is 11.3 Å². The lowest BCUT2D eigenvalue weighted by molar-refractivity contribution is -0.385. The topological polar surface area (TPSA) is 111 Å².